The van der Waals surface area contributed by atoms with Gasteiger partial charge in [-0.3, -0.25) is 9.78 Å². The van der Waals surface area contributed by atoms with E-state index in [9.17, 15) is 4.79 Å². The molecule has 0 unspecified atom stereocenters. The van der Waals surface area contributed by atoms with Crippen molar-refractivity contribution in [3.63, 3.8) is 0 Å². The van der Waals surface area contributed by atoms with Crippen molar-refractivity contribution in [1.82, 2.24) is 15.3 Å². The van der Waals surface area contributed by atoms with E-state index in [1.807, 2.05) is 0 Å². The van der Waals surface area contributed by atoms with Crippen molar-refractivity contribution in [2.24, 2.45) is 5.92 Å². The van der Waals surface area contributed by atoms with E-state index in [4.69, 9.17) is 0 Å². The van der Waals surface area contributed by atoms with Crippen LogP contribution in [0.2, 0.25) is 0 Å². The van der Waals surface area contributed by atoms with Crippen LogP contribution >= 0.6 is 0 Å². The zero-order chi connectivity index (χ0) is 15.9. The lowest BCUT2D eigenvalue weighted by molar-refractivity contribution is -0.125. The minimum Gasteiger partial charge on any atom is -0.356 e. The van der Waals surface area contributed by atoms with Crippen LogP contribution in [0.25, 0.3) is 0 Å². The van der Waals surface area contributed by atoms with E-state index in [-0.39, 0.29) is 11.8 Å². The number of carbonyl (C=O) groups excluding carboxylic acids is 1. The molecule has 0 atom stereocenters. The first-order valence-electron chi connectivity index (χ1n) is 8.79. The summed E-state index contributed by atoms with van der Waals surface area (Å²) in [6.07, 6.45) is 15.4. The molecule has 0 aromatic carbocycles. The molecule has 2 aliphatic rings. The van der Waals surface area contributed by atoms with Crippen LogP contribution in [-0.4, -0.2) is 35.5 Å². The smallest absolute Gasteiger partial charge is 0.223 e. The molecule has 1 aliphatic carbocycles. The average molecular weight is 314 g/mol. The average Bonchev–Trinajstić information content (AvgIpc) is 2.63. The second-order valence-electron chi connectivity index (χ2n) is 6.47. The summed E-state index contributed by atoms with van der Waals surface area (Å²) in [6, 6.07) is 0. The number of piperidine rings is 1. The molecule has 23 heavy (non-hydrogen) atoms. The lowest BCUT2D eigenvalue weighted by atomic mass is 9.95. The molecule has 124 valence electrons. The summed E-state index contributed by atoms with van der Waals surface area (Å²) >= 11 is 0. The second-order valence-corrected chi connectivity index (χ2v) is 6.47. The highest BCUT2D eigenvalue weighted by molar-refractivity contribution is 5.78. The summed E-state index contributed by atoms with van der Waals surface area (Å²) in [7, 11) is 0. The van der Waals surface area contributed by atoms with Crippen molar-refractivity contribution < 1.29 is 4.79 Å². The van der Waals surface area contributed by atoms with Crippen molar-refractivity contribution in [3.05, 3.63) is 30.2 Å². The van der Waals surface area contributed by atoms with Gasteiger partial charge in [0.05, 0.1) is 6.20 Å². The maximum absolute atomic E-state index is 12.3. The van der Waals surface area contributed by atoms with Crippen LogP contribution in [0.15, 0.2) is 30.2 Å². The second kappa shape index (κ2) is 8.09. The Balaban J connectivity index is 1.39. The zero-order valence-electron chi connectivity index (χ0n) is 13.7. The lowest BCUT2D eigenvalue weighted by Crippen LogP contribution is -2.41. The molecule has 1 saturated heterocycles. The molecule has 1 amide bonds. The van der Waals surface area contributed by atoms with Gasteiger partial charge in [0, 0.05) is 37.9 Å². The number of hydrogen-bond donors (Lipinski definition) is 1. The molecule has 3 rings (SSSR count). The van der Waals surface area contributed by atoms with Crippen molar-refractivity contribution in [1.29, 1.82) is 0 Å². The topological polar surface area (TPSA) is 58.1 Å². The van der Waals surface area contributed by atoms with Crippen molar-refractivity contribution in [2.75, 3.05) is 24.5 Å². The summed E-state index contributed by atoms with van der Waals surface area (Å²) in [5.41, 5.74) is 1.52. The standard InChI is InChI=1S/C18H26N4O/c23-18(21-9-6-15-4-2-1-3-5-15)16-7-12-22(13-8-16)17-14-19-10-11-20-17/h4,10-11,14,16H,1-3,5-9,12-13H2,(H,21,23). The van der Waals surface area contributed by atoms with Gasteiger partial charge in [0.25, 0.3) is 0 Å². The summed E-state index contributed by atoms with van der Waals surface area (Å²) in [6.45, 7) is 2.54. The highest BCUT2D eigenvalue weighted by Crippen LogP contribution is 2.22. The van der Waals surface area contributed by atoms with Gasteiger partial charge in [0.2, 0.25) is 5.91 Å². The summed E-state index contributed by atoms with van der Waals surface area (Å²) in [5.74, 6) is 1.28. The van der Waals surface area contributed by atoms with Gasteiger partial charge in [-0.1, -0.05) is 11.6 Å². The van der Waals surface area contributed by atoms with Crippen LogP contribution in [0.5, 0.6) is 0 Å². The van der Waals surface area contributed by atoms with Gasteiger partial charge < -0.3 is 10.2 Å². The molecule has 1 N–H and O–H groups in total. The van der Waals surface area contributed by atoms with E-state index in [1.165, 1.54) is 31.3 Å². The van der Waals surface area contributed by atoms with E-state index >= 15 is 0 Å². The number of anilines is 1. The Morgan fingerprint density at radius 1 is 1.26 bits per heavy atom. The van der Waals surface area contributed by atoms with E-state index in [0.29, 0.717) is 0 Å². The number of aromatic nitrogens is 2. The molecule has 5 nitrogen and oxygen atoms in total. The predicted molar refractivity (Wildman–Crippen MR) is 91.1 cm³/mol. The Hall–Kier alpha value is -1.91. The molecular weight excluding hydrogens is 288 g/mol. The molecule has 2 heterocycles. The molecule has 0 saturated carbocycles. The van der Waals surface area contributed by atoms with Gasteiger partial charge >= 0.3 is 0 Å². The predicted octanol–water partition coefficient (Wildman–Crippen LogP) is 2.70. The van der Waals surface area contributed by atoms with Crippen LogP contribution < -0.4 is 10.2 Å². The van der Waals surface area contributed by atoms with E-state index < -0.39 is 0 Å². The number of carbonyl (C=O) groups is 1. The van der Waals surface area contributed by atoms with Crippen LogP contribution in [0.4, 0.5) is 5.82 Å². The molecule has 1 aromatic rings. The highest BCUT2D eigenvalue weighted by atomic mass is 16.1. The molecule has 0 bridgehead atoms. The van der Waals surface area contributed by atoms with Gasteiger partial charge in [0.15, 0.2) is 0 Å². The Bertz CT molecular complexity index is 535. The molecule has 1 aliphatic heterocycles. The first-order chi connectivity index (χ1) is 11.3. The minimum absolute atomic E-state index is 0.142. The largest absolute Gasteiger partial charge is 0.356 e. The Labute approximate surface area is 138 Å². The molecule has 1 aromatic heterocycles. The first-order valence-corrected chi connectivity index (χ1v) is 8.79. The number of nitrogens with one attached hydrogen (secondary N) is 1. The molecular formula is C18H26N4O. The van der Waals surface area contributed by atoms with Crippen LogP contribution in [0, 0.1) is 5.92 Å². The number of amides is 1. The van der Waals surface area contributed by atoms with Crippen molar-refractivity contribution in [2.45, 2.75) is 44.9 Å². The summed E-state index contributed by atoms with van der Waals surface area (Å²) in [4.78, 5) is 23.0. The van der Waals surface area contributed by atoms with Crippen molar-refractivity contribution in [3.8, 4) is 0 Å². The first kappa shape index (κ1) is 16.0. The summed E-state index contributed by atoms with van der Waals surface area (Å²) in [5, 5.41) is 3.13. The van der Waals surface area contributed by atoms with E-state index in [1.54, 1.807) is 18.6 Å². The number of allylic oxidation sites excluding steroid dienone is 1. The fourth-order valence-electron chi connectivity index (χ4n) is 3.45. The lowest BCUT2D eigenvalue weighted by Gasteiger charge is -2.31. The number of hydrogen-bond acceptors (Lipinski definition) is 4. The van der Waals surface area contributed by atoms with Crippen LogP contribution in [0.1, 0.15) is 44.9 Å². The molecule has 0 spiro atoms. The maximum atomic E-state index is 12.3. The Kier molecular flexibility index (Phi) is 5.61. The number of nitrogens with zero attached hydrogens (tertiary/aromatic N) is 3. The third-order valence-electron chi connectivity index (χ3n) is 4.87. The third-order valence-corrected chi connectivity index (χ3v) is 4.87. The normalized spacial score (nSPS) is 19.3. The highest BCUT2D eigenvalue weighted by Gasteiger charge is 2.25. The van der Waals surface area contributed by atoms with Gasteiger partial charge in [-0.05, 0) is 44.9 Å². The summed E-state index contributed by atoms with van der Waals surface area (Å²) < 4.78 is 0. The van der Waals surface area contributed by atoms with E-state index in [0.717, 1.165) is 44.7 Å². The minimum atomic E-state index is 0.142. The molecule has 0 radical (unpaired) electrons. The maximum Gasteiger partial charge on any atom is 0.223 e. The van der Waals surface area contributed by atoms with Gasteiger partial charge in [-0.2, -0.15) is 0 Å². The molecule has 1 fully saturated rings. The zero-order valence-corrected chi connectivity index (χ0v) is 13.7. The van der Waals surface area contributed by atoms with E-state index in [2.05, 4.69) is 26.3 Å². The van der Waals surface area contributed by atoms with Crippen LogP contribution in [0.3, 0.4) is 0 Å². The van der Waals surface area contributed by atoms with Crippen molar-refractivity contribution >= 4 is 11.7 Å². The number of rotatable bonds is 5. The van der Waals surface area contributed by atoms with Gasteiger partial charge in [0.1, 0.15) is 5.82 Å². The third kappa shape index (κ3) is 4.53. The van der Waals surface area contributed by atoms with Gasteiger partial charge in [-0.15, -0.1) is 0 Å². The fourth-order valence-corrected chi connectivity index (χ4v) is 3.45. The SMILES string of the molecule is O=C(NCCC1=CCCCC1)C1CCN(c2cnccn2)CC1. The van der Waals surface area contributed by atoms with Crippen LogP contribution in [-0.2, 0) is 4.79 Å². The van der Waals surface area contributed by atoms with Gasteiger partial charge in [-0.25, -0.2) is 4.98 Å². The fraction of sp³-hybridized carbons (Fsp3) is 0.611. The quantitative estimate of drug-likeness (QED) is 0.849. The molecule has 5 heteroatoms. The Morgan fingerprint density at radius 3 is 2.83 bits per heavy atom. The monoisotopic (exact) mass is 314 g/mol. The Morgan fingerprint density at radius 2 is 2.13 bits per heavy atom.